The van der Waals surface area contributed by atoms with E-state index in [1.165, 1.54) is 23.5 Å². The summed E-state index contributed by atoms with van der Waals surface area (Å²) in [5.41, 5.74) is 0.634. The molecule has 326 valence electrons. The van der Waals surface area contributed by atoms with Crippen molar-refractivity contribution >= 4 is 66.3 Å². The number of nitriles is 1. The van der Waals surface area contributed by atoms with E-state index in [1.807, 2.05) is 19.9 Å². The first-order valence-electron chi connectivity index (χ1n) is 19.4. The Labute approximate surface area is 354 Å². The zero-order valence-corrected chi connectivity index (χ0v) is 36.1. The van der Waals surface area contributed by atoms with Crippen molar-refractivity contribution in [3.8, 4) is 6.07 Å². The van der Waals surface area contributed by atoms with E-state index in [0.29, 0.717) is 24.2 Å². The number of hydrogen-bond acceptors (Lipinski definition) is 18. The molecule has 1 aromatic carbocycles. The Balaban J connectivity index is 1.19. The Morgan fingerprint density at radius 2 is 1.82 bits per heavy atom. The Hall–Kier alpha value is -4.56. The number of rotatable bonds is 11. The third-order valence-electron chi connectivity index (χ3n) is 9.69. The van der Waals surface area contributed by atoms with Crippen molar-refractivity contribution in [1.29, 1.82) is 5.26 Å². The lowest BCUT2D eigenvalue weighted by molar-refractivity contribution is -0.0989. The van der Waals surface area contributed by atoms with Crippen LogP contribution in [0.1, 0.15) is 63.4 Å². The molecule has 0 radical (unpaired) electrons. The minimum Gasteiger partial charge on any atom is -0.355 e. The lowest BCUT2D eigenvalue weighted by Gasteiger charge is -2.30. The van der Waals surface area contributed by atoms with E-state index < -0.39 is 75.9 Å². The van der Waals surface area contributed by atoms with Crippen LogP contribution in [-0.4, -0.2) is 101 Å². The molecule has 0 aliphatic carbocycles. The van der Waals surface area contributed by atoms with Crippen molar-refractivity contribution in [3.63, 3.8) is 0 Å². The molecule has 2 aliphatic rings. The van der Waals surface area contributed by atoms with Crippen molar-refractivity contribution in [3.05, 3.63) is 65.2 Å². The summed E-state index contributed by atoms with van der Waals surface area (Å²) >= 11 is 5.45. The molecule has 4 aromatic heterocycles. The molecule has 25 heteroatoms. The molecular weight excluding hydrogens is 856 g/mol. The normalized spacial score (nSPS) is 27.7. The summed E-state index contributed by atoms with van der Waals surface area (Å²) in [7, 11) is -4.52. The van der Waals surface area contributed by atoms with Gasteiger partial charge < -0.3 is 34.0 Å². The van der Waals surface area contributed by atoms with Crippen molar-refractivity contribution in [2.45, 2.75) is 71.3 Å². The Morgan fingerprint density at radius 1 is 1.07 bits per heavy atom. The lowest BCUT2D eigenvalue weighted by Crippen LogP contribution is -2.33. The van der Waals surface area contributed by atoms with Crippen LogP contribution >= 0.6 is 14.5 Å². The molecule has 61 heavy (non-hydrogen) atoms. The molecule has 2 fully saturated rings. The first kappa shape index (κ1) is 44.5. The van der Waals surface area contributed by atoms with Crippen LogP contribution in [-0.2, 0) is 48.5 Å². The van der Waals surface area contributed by atoms with Crippen LogP contribution < -0.4 is 16.2 Å². The van der Waals surface area contributed by atoms with Gasteiger partial charge in [0.1, 0.15) is 31.4 Å². The number of fused-ring (bicyclic) bond motifs is 3. The maximum atomic E-state index is 14.5. The number of carbonyl (C=O) groups is 1. The number of nitrogens with zero attached hydrogens (tertiary/aromatic N) is 8. The van der Waals surface area contributed by atoms with Crippen LogP contribution in [0.4, 0.5) is 11.8 Å². The van der Waals surface area contributed by atoms with Gasteiger partial charge in [0.25, 0.3) is 11.5 Å². The third-order valence-corrected chi connectivity index (χ3v) is 12.7. The maximum Gasteiger partial charge on any atom is 0.475 e. The summed E-state index contributed by atoms with van der Waals surface area (Å²) in [5.74, 6) is -0.445. The molecule has 1 amide bonds. The lowest BCUT2D eigenvalue weighted by atomic mass is 10.0. The summed E-state index contributed by atoms with van der Waals surface area (Å²) in [4.78, 5) is 62.0. The van der Waals surface area contributed by atoms with Crippen LogP contribution in [0.25, 0.3) is 22.3 Å². The number of ether oxygens (including phenoxy) is 2. The molecule has 7 rings (SSSR count). The van der Waals surface area contributed by atoms with E-state index in [4.69, 9.17) is 43.9 Å². The highest BCUT2D eigenvalue weighted by atomic mass is 32.5. The van der Waals surface area contributed by atoms with E-state index in [9.17, 15) is 24.3 Å². The number of H-pyrrole nitrogens is 1. The smallest absolute Gasteiger partial charge is 0.355 e. The van der Waals surface area contributed by atoms with Gasteiger partial charge in [0.15, 0.2) is 34.4 Å². The summed E-state index contributed by atoms with van der Waals surface area (Å²) in [6.07, 6.45) is -0.776. The quantitative estimate of drug-likeness (QED) is 0.102. The van der Waals surface area contributed by atoms with E-state index in [-0.39, 0.29) is 54.0 Å². The minimum absolute atomic E-state index is 0.0178. The minimum atomic E-state index is -4.52. The molecule has 3 unspecified atom stereocenters. The topological polar surface area (TPSA) is 274 Å². The van der Waals surface area contributed by atoms with Gasteiger partial charge in [-0.3, -0.25) is 37.3 Å². The Morgan fingerprint density at radius 3 is 2.57 bits per heavy atom. The van der Waals surface area contributed by atoms with Crippen molar-refractivity contribution in [2.24, 2.45) is 11.8 Å². The number of anilines is 2. The highest BCUT2D eigenvalue weighted by molar-refractivity contribution is 8.07. The first-order chi connectivity index (χ1) is 29.3. The second-order valence-electron chi connectivity index (χ2n) is 14.5. The third kappa shape index (κ3) is 10.4. The second kappa shape index (κ2) is 19.2. The summed E-state index contributed by atoms with van der Waals surface area (Å²) in [5, 5.41) is 15.1. The SMILES string of the molecule is CC[C@H]1COP(=O)(OCCC#N)OC2[C@@H](COP(O)(=S)OC[C@H](n3cnc4c(=O)[nH]c(NCC(C)C)nc43)O1)O[C@@H](n1cnc3c(NC(=O)c4ccccc4)ncnc31)[C@H]2C. The van der Waals surface area contributed by atoms with Gasteiger partial charge in [-0.25, -0.2) is 24.5 Å². The fourth-order valence-corrected chi connectivity index (χ4v) is 9.14. The highest BCUT2D eigenvalue weighted by Crippen LogP contribution is 2.56. The van der Waals surface area contributed by atoms with Gasteiger partial charge in [-0.1, -0.05) is 45.9 Å². The van der Waals surface area contributed by atoms with Crippen LogP contribution in [0.3, 0.4) is 0 Å². The van der Waals surface area contributed by atoms with Gasteiger partial charge in [0.2, 0.25) is 5.95 Å². The fourth-order valence-electron chi connectivity index (χ4n) is 6.57. The number of nitrogens with one attached hydrogen (secondary N) is 3. The van der Waals surface area contributed by atoms with Crippen molar-refractivity contribution < 1.29 is 46.3 Å². The number of amides is 1. The fraction of sp³-hybridized carbons (Fsp3) is 0.500. The Bertz CT molecular complexity index is 2540. The first-order valence-corrected chi connectivity index (χ1v) is 23.4. The summed E-state index contributed by atoms with van der Waals surface area (Å²) < 4.78 is 60.0. The largest absolute Gasteiger partial charge is 0.475 e. The molecule has 2 saturated heterocycles. The van der Waals surface area contributed by atoms with E-state index in [1.54, 1.807) is 48.7 Å². The van der Waals surface area contributed by atoms with Crippen molar-refractivity contribution in [1.82, 2.24) is 39.0 Å². The summed E-state index contributed by atoms with van der Waals surface area (Å²) in [6.45, 7) is 2.56. The van der Waals surface area contributed by atoms with Crippen LogP contribution in [0.2, 0.25) is 0 Å². The predicted molar refractivity (Wildman–Crippen MR) is 221 cm³/mol. The van der Waals surface area contributed by atoms with Crippen LogP contribution in [0.5, 0.6) is 0 Å². The highest BCUT2D eigenvalue weighted by Gasteiger charge is 2.49. The standard InChI is InChI=1S/C36H45N11O11P2S/c1-5-24-15-53-59(50,52-13-9-12-37)58-29-22(4)35(47-20-41-27-30(39-18-40-31(27)47)43-33(48)23-10-7-6-8-11-23)57-25(29)16-54-60(51,61)55-17-26(56-24)46-19-42-28-32(46)44-36(45-34(28)49)38-14-21(2)3/h6-8,10-11,18-22,24-26,29,35H,5,9,13-17H2,1-4H3,(H,51,61)(H2,38,44,45,49)(H,39,40,43,48)/t22-,24-,25+,26+,29?,35+,59?,60?/m0/s1. The molecule has 2 aliphatic heterocycles. The predicted octanol–water partition coefficient (Wildman–Crippen LogP) is 4.81. The summed E-state index contributed by atoms with van der Waals surface area (Å²) in [6, 6.07) is 10.5. The van der Waals surface area contributed by atoms with E-state index in [0.717, 1.165) is 0 Å². The number of carbonyl (C=O) groups excluding carboxylic acids is 1. The molecule has 22 nitrogen and oxygen atoms in total. The maximum absolute atomic E-state index is 14.5. The average Bonchev–Trinajstić information content (AvgIpc) is 3.95. The zero-order chi connectivity index (χ0) is 43.3. The molecule has 4 N–H and O–H groups in total. The van der Waals surface area contributed by atoms with Crippen molar-refractivity contribution in [2.75, 3.05) is 43.6 Å². The molecular formula is C36H45N11O11P2S. The van der Waals surface area contributed by atoms with Gasteiger partial charge in [0, 0.05) is 18.0 Å². The van der Waals surface area contributed by atoms with Gasteiger partial charge in [-0.05, 0) is 36.3 Å². The number of aromatic amines is 1. The second-order valence-corrected chi connectivity index (χ2v) is 19.0. The van der Waals surface area contributed by atoms with Gasteiger partial charge >= 0.3 is 14.5 Å². The number of aromatic nitrogens is 8. The molecule has 0 spiro atoms. The number of hydrogen-bond donors (Lipinski definition) is 4. The molecule has 0 bridgehead atoms. The molecule has 6 heterocycles. The number of phosphoric ester groups is 1. The Kier molecular flexibility index (Phi) is 14.0. The average molecular weight is 902 g/mol. The van der Waals surface area contributed by atoms with Crippen LogP contribution in [0, 0.1) is 23.2 Å². The van der Waals surface area contributed by atoms with Gasteiger partial charge in [0.05, 0.1) is 51.1 Å². The molecule has 0 saturated carbocycles. The molecule has 5 aromatic rings. The van der Waals surface area contributed by atoms with Gasteiger partial charge in [-0.2, -0.15) is 10.2 Å². The zero-order valence-electron chi connectivity index (χ0n) is 33.5. The van der Waals surface area contributed by atoms with Crippen LogP contribution in [0.15, 0.2) is 54.1 Å². The van der Waals surface area contributed by atoms with E-state index >= 15 is 0 Å². The monoisotopic (exact) mass is 901 g/mol. The molecule has 8 atom stereocenters. The van der Waals surface area contributed by atoms with Gasteiger partial charge in [-0.15, -0.1) is 0 Å². The number of benzene rings is 1. The number of phosphoric acid groups is 1. The van der Waals surface area contributed by atoms with E-state index in [2.05, 4.69) is 40.5 Å². The number of imidazole rings is 2.